The molecule has 6 nitrogen and oxygen atoms in total. The summed E-state index contributed by atoms with van der Waals surface area (Å²) in [5, 5.41) is 12.1. The Balaban J connectivity index is 1.63. The maximum atomic E-state index is 13.3. The van der Waals surface area contributed by atoms with E-state index in [4.69, 9.17) is 4.74 Å². The van der Waals surface area contributed by atoms with E-state index in [-0.39, 0.29) is 23.7 Å². The van der Waals surface area contributed by atoms with E-state index >= 15 is 0 Å². The molecule has 1 amide bonds. The predicted molar refractivity (Wildman–Crippen MR) is 130 cm³/mol. The maximum Gasteiger partial charge on any atom is 0.295 e. The van der Waals surface area contributed by atoms with Crippen molar-refractivity contribution in [1.29, 1.82) is 0 Å². The van der Waals surface area contributed by atoms with E-state index in [0.717, 1.165) is 16.5 Å². The number of carbonyl (C=O) groups is 2. The molecule has 2 N–H and O–H groups in total. The molecule has 1 fully saturated rings. The molecule has 7 heteroatoms. The van der Waals surface area contributed by atoms with E-state index in [1.54, 1.807) is 42.6 Å². The van der Waals surface area contributed by atoms with Gasteiger partial charge in [-0.25, -0.2) is 4.39 Å². The quantitative estimate of drug-likeness (QED) is 0.237. The number of aliphatic hydroxyl groups excluding tert-OH is 1. The summed E-state index contributed by atoms with van der Waals surface area (Å²) >= 11 is 0. The smallest absolute Gasteiger partial charge is 0.295 e. The zero-order chi connectivity index (χ0) is 24.5. The molecule has 1 unspecified atom stereocenters. The number of hydrogen-bond acceptors (Lipinski definition) is 4. The number of fused-ring (bicyclic) bond motifs is 1. The van der Waals surface area contributed by atoms with Crippen molar-refractivity contribution in [3.8, 4) is 5.75 Å². The van der Waals surface area contributed by atoms with Gasteiger partial charge < -0.3 is 19.7 Å². The molecule has 0 radical (unpaired) electrons. The number of hydrogen-bond donors (Lipinski definition) is 2. The van der Waals surface area contributed by atoms with Gasteiger partial charge in [-0.15, -0.1) is 0 Å². The van der Waals surface area contributed by atoms with Gasteiger partial charge in [0.05, 0.1) is 18.7 Å². The first-order valence-corrected chi connectivity index (χ1v) is 11.2. The number of Topliss-reactive ketones (excluding diaryl/α,β-unsaturated/α-hetero) is 1. The lowest BCUT2D eigenvalue weighted by atomic mass is 9.94. The largest absolute Gasteiger partial charge is 0.507 e. The Labute approximate surface area is 201 Å². The van der Waals surface area contributed by atoms with Gasteiger partial charge in [-0.2, -0.15) is 0 Å². The molecular weight excluding hydrogens is 447 g/mol. The van der Waals surface area contributed by atoms with Crippen molar-refractivity contribution in [3.63, 3.8) is 0 Å². The minimum absolute atomic E-state index is 0.0205. The van der Waals surface area contributed by atoms with Crippen LogP contribution in [0.4, 0.5) is 4.39 Å². The molecule has 1 saturated heterocycles. The standard InChI is InChI=1S/C28H23FN2O4/c1-35-20-6-4-5-18(15-20)26(32)24-25(22-16-30-23-8-3-2-7-21(22)23)31(28(34)27(24)33)14-13-17-9-11-19(29)12-10-17/h2-12,15-16,25,30,32H,13-14H2,1H3/b26-24+. The number of ketones is 1. The van der Waals surface area contributed by atoms with E-state index in [0.29, 0.717) is 23.3 Å². The monoisotopic (exact) mass is 470 g/mol. The van der Waals surface area contributed by atoms with Gasteiger partial charge in [-0.1, -0.05) is 42.5 Å². The van der Waals surface area contributed by atoms with Crippen LogP contribution in [0.15, 0.2) is 84.6 Å². The Bertz CT molecular complexity index is 1460. The fraction of sp³-hybridized carbons (Fsp3) is 0.143. The third-order valence-corrected chi connectivity index (χ3v) is 6.35. The minimum atomic E-state index is -0.794. The second-order valence-electron chi connectivity index (χ2n) is 8.39. The number of likely N-dealkylation sites (tertiary alicyclic amines) is 1. The molecule has 1 aliphatic rings. The summed E-state index contributed by atoms with van der Waals surface area (Å²) < 4.78 is 18.6. The molecule has 1 aromatic heterocycles. The van der Waals surface area contributed by atoms with Gasteiger partial charge in [0.2, 0.25) is 0 Å². The van der Waals surface area contributed by atoms with Crippen LogP contribution in [0.25, 0.3) is 16.7 Å². The number of aromatic amines is 1. The van der Waals surface area contributed by atoms with Gasteiger partial charge in [0.15, 0.2) is 0 Å². The number of nitrogens with one attached hydrogen (secondary N) is 1. The van der Waals surface area contributed by atoms with Crippen LogP contribution >= 0.6 is 0 Å². The number of rotatable bonds is 6. The van der Waals surface area contributed by atoms with Crippen LogP contribution in [-0.4, -0.2) is 40.3 Å². The second-order valence-corrected chi connectivity index (χ2v) is 8.39. The average Bonchev–Trinajstić information content (AvgIpc) is 3.42. The molecule has 4 aromatic rings. The van der Waals surface area contributed by atoms with Gasteiger partial charge in [-0.05, 0) is 42.3 Å². The minimum Gasteiger partial charge on any atom is -0.507 e. The number of aromatic nitrogens is 1. The Morgan fingerprint density at radius 2 is 1.83 bits per heavy atom. The topological polar surface area (TPSA) is 82.6 Å². The van der Waals surface area contributed by atoms with Crippen LogP contribution in [0.5, 0.6) is 5.75 Å². The first-order chi connectivity index (χ1) is 17.0. The molecule has 1 aliphatic heterocycles. The third-order valence-electron chi connectivity index (χ3n) is 6.35. The number of methoxy groups -OCH3 is 1. The van der Waals surface area contributed by atoms with E-state index in [9.17, 15) is 19.1 Å². The van der Waals surface area contributed by atoms with E-state index in [2.05, 4.69) is 4.98 Å². The maximum absolute atomic E-state index is 13.3. The average molecular weight is 471 g/mol. The van der Waals surface area contributed by atoms with Crippen LogP contribution < -0.4 is 4.74 Å². The van der Waals surface area contributed by atoms with Crippen LogP contribution in [0.1, 0.15) is 22.7 Å². The fourth-order valence-corrected chi connectivity index (χ4v) is 4.58. The van der Waals surface area contributed by atoms with Gasteiger partial charge >= 0.3 is 0 Å². The normalized spacial score (nSPS) is 17.3. The highest BCUT2D eigenvalue weighted by atomic mass is 19.1. The molecule has 0 spiro atoms. The number of ether oxygens (including phenoxy) is 1. The lowest BCUT2D eigenvalue weighted by molar-refractivity contribution is -0.139. The van der Waals surface area contributed by atoms with Crippen LogP contribution in [0.3, 0.4) is 0 Å². The highest BCUT2D eigenvalue weighted by Crippen LogP contribution is 2.42. The van der Waals surface area contributed by atoms with Crippen LogP contribution in [-0.2, 0) is 16.0 Å². The van der Waals surface area contributed by atoms with E-state index < -0.39 is 17.7 Å². The number of benzene rings is 3. The Morgan fingerprint density at radius 1 is 1.06 bits per heavy atom. The summed E-state index contributed by atoms with van der Waals surface area (Å²) in [5.74, 6) is -1.53. The molecule has 1 atom stereocenters. The highest BCUT2D eigenvalue weighted by molar-refractivity contribution is 6.46. The molecule has 0 bridgehead atoms. The Morgan fingerprint density at radius 3 is 2.60 bits per heavy atom. The molecule has 2 heterocycles. The molecule has 35 heavy (non-hydrogen) atoms. The van der Waals surface area contributed by atoms with E-state index in [1.807, 2.05) is 24.3 Å². The van der Waals surface area contributed by atoms with Crippen molar-refractivity contribution in [2.75, 3.05) is 13.7 Å². The summed E-state index contributed by atoms with van der Waals surface area (Å²) in [6.07, 6.45) is 2.19. The molecular formula is C28H23FN2O4. The van der Waals surface area contributed by atoms with Crippen molar-refractivity contribution in [2.24, 2.45) is 0 Å². The van der Waals surface area contributed by atoms with Crippen molar-refractivity contribution >= 4 is 28.4 Å². The number of amides is 1. The molecule has 0 saturated carbocycles. The van der Waals surface area contributed by atoms with Crippen molar-refractivity contribution in [1.82, 2.24) is 9.88 Å². The fourth-order valence-electron chi connectivity index (χ4n) is 4.58. The zero-order valence-corrected chi connectivity index (χ0v) is 19.0. The summed E-state index contributed by atoms with van der Waals surface area (Å²) in [7, 11) is 1.51. The van der Waals surface area contributed by atoms with Crippen molar-refractivity contribution < 1.29 is 23.8 Å². The summed E-state index contributed by atoms with van der Waals surface area (Å²) in [5.41, 5.74) is 2.80. The second kappa shape index (κ2) is 9.10. The summed E-state index contributed by atoms with van der Waals surface area (Å²) in [6, 6.07) is 19.6. The zero-order valence-electron chi connectivity index (χ0n) is 19.0. The van der Waals surface area contributed by atoms with Crippen molar-refractivity contribution in [3.05, 3.63) is 107 Å². The SMILES string of the molecule is COc1cccc(/C(O)=C2\C(=O)C(=O)N(CCc3ccc(F)cc3)C2c2c[nH]c3ccccc23)c1. The van der Waals surface area contributed by atoms with Crippen LogP contribution in [0.2, 0.25) is 0 Å². The predicted octanol–water partition coefficient (Wildman–Crippen LogP) is 4.98. The number of halogens is 1. The van der Waals surface area contributed by atoms with Gasteiger partial charge in [0.25, 0.3) is 11.7 Å². The lowest BCUT2D eigenvalue weighted by Gasteiger charge is -2.25. The number of nitrogens with zero attached hydrogens (tertiary/aromatic N) is 1. The van der Waals surface area contributed by atoms with E-state index in [1.165, 1.54) is 24.1 Å². The number of para-hydroxylation sites is 1. The number of H-pyrrole nitrogens is 1. The first kappa shape index (κ1) is 22.4. The summed E-state index contributed by atoms with van der Waals surface area (Å²) in [4.78, 5) is 31.2. The Hall–Kier alpha value is -4.39. The van der Waals surface area contributed by atoms with Gasteiger partial charge in [-0.3, -0.25) is 9.59 Å². The number of aliphatic hydroxyl groups is 1. The van der Waals surface area contributed by atoms with Gasteiger partial charge in [0, 0.05) is 34.8 Å². The Kier molecular flexibility index (Phi) is 5.82. The molecule has 3 aromatic carbocycles. The molecule has 0 aliphatic carbocycles. The van der Waals surface area contributed by atoms with Crippen molar-refractivity contribution in [2.45, 2.75) is 12.5 Å². The first-order valence-electron chi connectivity index (χ1n) is 11.2. The lowest BCUT2D eigenvalue weighted by Crippen LogP contribution is -2.31. The third kappa shape index (κ3) is 4.05. The summed E-state index contributed by atoms with van der Waals surface area (Å²) in [6.45, 7) is 0.218. The number of carbonyl (C=O) groups excluding carboxylic acids is 2. The van der Waals surface area contributed by atoms with Gasteiger partial charge in [0.1, 0.15) is 17.3 Å². The molecule has 5 rings (SSSR count). The van der Waals surface area contributed by atoms with Crippen LogP contribution in [0, 0.1) is 5.82 Å². The highest BCUT2D eigenvalue weighted by Gasteiger charge is 2.46. The molecule has 176 valence electrons.